The molecule has 39 heavy (non-hydrogen) atoms. The number of aromatic nitrogens is 2. The normalized spacial score (nSPS) is 17.8. The van der Waals surface area contributed by atoms with Crippen molar-refractivity contribution in [3.63, 3.8) is 0 Å². The molecular formula is C25H32F5N5O3S. The number of nitrogens with zero attached hydrogens (tertiary/aromatic N) is 3. The first kappa shape index (κ1) is 30.7. The lowest BCUT2D eigenvalue weighted by Crippen LogP contribution is -2.38. The second-order valence-electron chi connectivity index (χ2n) is 11.0. The largest absolute Gasteiger partial charge is 0.417 e. The first-order valence-electron chi connectivity index (χ1n) is 12.3. The molecule has 8 nitrogen and oxygen atoms in total. The Kier molecular flexibility index (Phi) is 8.34. The number of aliphatic hydroxyl groups is 1. The molecule has 1 fully saturated rings. The van der Waals surface area contributed by atoms with Crippen LogP contribution in [0, 0.1) is 0 Å². The number of nitrogens with one attached hydrogen (secondary N) is 2. The van der Waals surface area contributed by atoms with Gasteiger partial charge in [0.2, 0.25) is 0 Å². The average molecular weight is 578 g/mol. The third-order valence-electron chi connectivity index (χ3n) is 6.30. The molecule has 0 spiro atoms. The van der Waals surface area contributed by atoms with Crippen LogP contribution in [0.25, 0.3) is 10.4 Å². The summed E-state index contributed by atoms with van der Waals surface area (Å²) in [5.41, 5.74) is -4.06. The summed E-state index contributed by atoms with van der Waals surface area (Å²) in [6, 6.07) is -0.0981. The highest BCUT2D eigenvalue weighted by atomic mass is 32.1. The fraction of sp³-hybridized carbons (Fsp3) is 0.600. The molecule has 0 saturated carbocycles. The molecule has 0 aromatic carbocycles. The summed E-state index contributed by atoms with van der Waals surface area (Å²) >= 11 is 0.513. The number of hydrogen-bond donors (Lipinski definition) is 3. The van der Waals surface area contributed by atoms with E-state index in [1.807, 2.05) is 6.92 Å². The fourth-order valence-corrected chi connectivity index (χ4v) is 4.91. The summed E-state index contributed by atoms with van der Waals surface area (Å²) in [6.07, 6.45) is -3.97. The maximum absolute atomic E-state index is 14.3. The molecule has 3 heterocycles. The van der Waals surface area contributed by atoms with Gasteiger partial charge in [0.25, 0.3) is 17.7 Å². The molecule has 2 amide bonds. The van der Waals surface area contributed by atoms with Crippen molar-refractivity contribution in [1.82, 2.24) is 20.2 Å². The predicted octanol–water partition coefficient (Wildman–Crippen LogP) is 5.19. The van der Waals surface area contributed by atoms with Crippen LogP contribution in [0.4, 0.5) is 27.8 Å². The number of thiazole rings is 1. The molecule has 1 aliphatic rings. The fourth-order valence-electron chi connectivity index (χ4n) is 3.91. The van der Waals surface area contributed by atoms with Gasteiger partial charge in [-0.05, 0) is 47.1 Å². The van der Waals surface area contributed by atoms with Gasteiger partial charge in [0.1, 0.15) is 11.5 Å². The number of hydrogen-bond acceptors (Lipinski definition) is 7. The Labute approximate surface area is 227 Å². The van der Waals surface area contributed by atoms with Gasteiger partial charge < -0.3 is 20.6 Å². The highest BCUT2D eigenvalue weighted by Gasteiger charge is 2.46. The van der Waals surface area contributed by atoms with Gasteiger partial charge in [-0.3, -0.25) is 9.59 Å². The van der Waals surface area contributed by atoms with E-state index >= 15 is 0 Å². The van der Waals surface area contributed by atoms with Gasteiger partial charge in [-0.25, -0.2) is 18.7 Å². The van der Waals surface area contributed by atoms with Crippen molar-refractivity contribution in [2.24, 2.45) is 0 Å². The molecule has 0 unspecified atom stereocenters. The van der Waals surface area contributed by atoms with Gasteiger partial charge in [-0.15, -0.1) is 11.3 Å². The number of alkyl halides is 5. The Morgan fingerprint density at radius 1 is 1.23 bits per heavy atom. The minimum atomic E-state index is -4.88. The second-order valence-corrected chi connectivity index (χ2v) is 12.0. The van der Waals surface area contributed by atoms with Crippen molar-refractivity contribution in [2.75, 3.05) is 18.4 Å². The van der Waals surface area contributed by atoms with Crippen molar-refractivity contribution in [3.8, 4) is 10.4 Å². The highest BCUT2D eigenvalue weighted by molar-refractivity contribution is 7.17. The Bertz CT molecular complexity index is 1240. The number of halogens is 5. The first-order chi connectivity index (χ1) is 17.7. The molecule has 0 bridgehead atoms. The van der Waals surface area contributed by atoms with E-state index in [4.69, 9.17) is 0 Å². The summed E-state index contributed by atoms with van der Waals surface area (Å²) in [7, 11) is 0. The molecule has 2 aromatic heterocycles. The number of carbonyl (C=O) groups excluding carboxylic acids is 2. The number of pyridine rings is 1. The third kappa shape index (κ3) is 7.41. The lowest BCUT2D eigenvalue weighted by molar-refractivity contribution is -0.137. The number of amides is 2. The second kappa shape index (κ2) is 10.6. The van der Waals surface area contributed by atoms with Crippen molar-refractivity contribution in [2.45, 2.75) is 83.7 Å². The minimum absolute atomic E-state index is 0.0498. The highest BCUT2D eigenvalue weighted by Crippen LogP contribution is 2.43. The molecule has 2 aromatic rings. The lowest BCUT2D eigenvalue weighted by atomic mass is 10.0. The SMILES string of the molecule is CCC(C)(C)Nc1cc(C(F)(F)F)c(-c2sc(C(=O)NCC(C)(C)O)nc2C(=O)N2CC(F)(F)C[C@@H]2C)cn1. The zero-order chi connectivity index (χ0) is 29.6. The van der Waals surface area contributed by atoms with Crippen LogP contribution >= 0.6 is 11.3 Å². The predicted molar refractivity (Wildman–Crippen MR) is 137 cm³/mol. The van der Waals surface area contributed by atoms with E-state index in [0.717, 1.165) is 17.2 Å². The minimum Gasteiger partial charge on any atom is -0.389 e. The Balaban J connectivity index is 2.15. The third-order valence-corrected chi connectivity index (χ3v) is 7.39. The standard InChI is InChI=1S/C25H32F5N5O3S/c1-7-22(3,4)34-16-8-15(25(28,29)30)14(10-31-16)18-17(21(37)35-12-24(26,27)9-13(35)2)33-20(39-18)19(36)32-11-23(5,6)38/h8,10,13,38H,7,9,11-12H2,1-6H3,(H,31,34)(H,32,36)/t13-/m0/s1. The van der Waals surface area contributed by atoms with E-state index in [1.54, 1.807) is 13.8 Å². The lowest BCUT2D eigenvalue weighted by Gasteiger charge is -2.26. The Morgan fingerprint density at radius 2 is 1.87 bits per heavy atom. The van der Waals surface area contributed by atoms with Crippen molar-refractivity contribution in [1.29, 1.82) is 0 Å². The monoisotopic (exact) mass is 577 g/mol. The summed E-state index contributed by atoms with van der Waals surface area (Å²) in [5.74, 6) is -5.08. The number of carbonyl (C=O) groups is 2. The van der Waals surface area contributed by atoms with Crippen molar-refractivity contribution in [3.05, 3.63) is 28.5 Å². The van der Waals surface area contributed by atoms with Crippen LogP contribution in [-0.4, -0.2) is 68.0 Å². The zero-order valence-electron chi connectivity index (χ0n) is 22.5. The molecule has 0 radical (unpaired) electrons. The quantitative estimate of drug-likeness (QED) is 0.373. The van der Waals surface area contributed by atoms with Crippen LogP contribution in [0.15, 0.2) is 12.3 Å². The Hall–Kier alpha value is -2.87. The molecule has 0 aliphatic carbocycles. The summed E-state index contributed by atoms with van der Waals surface area (Å²) in [5, 5.41) is 14.9. The van der Waals surface area contributed by atoms with Gasteiger partial charge in [0.15, 0.2) is 5.01 Å². The van der Waals surface area contributed by atoms with Crippen LogP contribution in [-0.2, 0) is 6.18 Å². The summed E-state index contributed by atoms with van der Waals surface area (Å²) in [6.45, 7) is 8.58. The molecule has 1 atom stereocenters. The van der Waals surface area contributed by atoms with Crippen LogP contribution in [0.1, 0.15) is 80.2 Å². The van der Waals surface area contributed by atoms with Crippen molar-refractivity contribution < 1.29 is 36.6 Å². The van der Waals surface area contributed by atoms with Gasteiger partial charge in [0.05, 0.1) is 22.6 Å². The number of anilines is 1. The molecule has 3 N–H and O–H groups in total. The average Bonchev–Trinajstić information content (AvgIpc) is 3.36. The summed E-state index contributed by atoms with van der Waals surface area (Å²) in [4.78, 5) is 34.8. The number of likely N-dealkylation sites (tertiary alicyclic amines) is 1. The topological polar surface area (TPSA) is 107 Å². The maximum Gasteiger partial charge on any atom is 0.417 e. The summed E-state index contributed by atoms with van der Waals surface area (Å²) < 4.78 is 70.9. The zero-order valence-corrected chi connectivity index (χ0v) is 23.3. The maximum atomic E-state index is 14.3. The van der Waals surface area contributed by atoms with Gasteiger partial charge in [-0.1, -0.05) is 6.92 Å². The number of rotatable bonds is 8. The van der Waals surface area contributed by atoms with E-state index in [9.17, 15) is 36.6 Å². The molecule has 1 aliphatic heterocycles. The molecular weight excluding hydrogens is 545 g/mol. The van der Waals surface area contributed by atoms with Crippen LogP contribution in [0.3, 0.4) is 0 Å². The van der Waals surface area contributed by atoms with E-state index in [1.165, 1.54) is 20.8 Å². The smallest absolute Gasteiger partial charge is 0.389 e. The molecule has 216 valence electrons. The van der Waals surface area contributed by atoms with Crippen LogP contribution in [0.2, 0.25) is 0 Å². The van der Waals surface area contributed by atoms with E-state index < -0.39 is 70.9 Å². The van der Waals surface area contributed by atoms with Gasteiger partial charge in [0, 0.05) is 36.3 Å². The molecule has 3 rings (SSSR count). The van der Waals surface area contributed by atoms with Crippen LogP contribution in [0.5, 0.6) is 0 Å². The molecule has 14 heteroatoms. The van der Waals surface area contributed by atoms with E-state index in [0.29, 0.717) is 17.8 Å². The van der Waals surface area contributed by atoms with E-state index in [-0.39, 0.29) is 22.2 Å². The van der Waals surface area contributed by atoms with Crippen LogP contribution < -0.4 is 10.6 Å². The van der Waals surface area contributed by atoms with Gasteiger partial charge in [-0.2, -0.15) is 13.2 Å². The van der Waals surface area contributed by atoms with Crippen molar-refractivity contribution >= 4 is 29.0 Å². The Morgan fingerprint density at radius 3 is 2.38 bits per heavy atom. The first-order valence-corrected chi connectivity index (χ1v) is 13.1. The van der Waals surface area contributed by atoms with E-state index in [2.05, 4.69) is 20.6 Å². The van der Waals surface area contributed by atoms with Gasteiger partial charge >= 0.3 is 6.18 Å². The molecule has 1 saturated heterocycles.